The number of hydrogen-bond donors (Lipinski definition) is 1. The van der Waals surface area contributed by atoms with Crippen LogP contribution in [0.3, 0.4) is 0 Å². The Morgan fingerprint density at radius 3 is 2.52 bits per heavy atom. The van der Waals surface area contributed by atoms with Gasteiger partial charge in [0.25, 0.3) is 0 Å². The summed E-state index contributed by atoms with van der Waals surface area (Å²) in [5, 5.41) is 6.13. The van der Waals surface area contributed by atoms with E-state index in [1.165, 1.54) is 6.26 Å². The van der Waals surface area contributed by atoms with Gasteiger partial charge in [0.15, 0.2) is 5.69 Å². The van der Waals surface area contributed by atoms with Gasteiger partial charge in [-0.25, -0.2) is 0 Å². The minimum atomic E-state index is -4.54. The number of amides is 1. The fourth-order valence-corrected chi connectivity index (χ4v) is 2.37. The van der Waals surface area contributed by atoms with E-state index < -0.39 is 23.8 Å². The second kappa shape index (κ2) is 6.84. The summed E-state index contributed by atoms with van der Waals surface area (Å²) in [5.41, 5.74) is -0.242. The number of alkyl halides is 3. The summed E-state index contributed by atoms with van der Waals surface area (Å²) in [6.45, 7) is -0.333. The number of nitrogens with zero attached hydrogens (tertiary/aromatic N) is 2. The molecule has 25 heavy (non-hydrogen) atoms. The third-order valence-electron chi connectivity index (χ3n) is 3.50. The highest BCUT2D eigenvalue weighted by Crippen LogP contribution is 2.27. The van der Waals surface area contributed by atoms with Crippen LogP contribution in [0.2, 0.25) is 0 Å². The topological polar surface area (TPSA) is 60.1 Å². The van der Waals surface area contributed by atoms with Crippen LogP contribution in [-0.2, 0) is 17.5 Å². The Balaban J connectivity index is 1.74. The molecule has 0 saturated carbocycles. The van der Waals surface area contributed by atoms with Crippen molar-refractivity contribution in [3.63, 3.8) is 0 Å². The highest BCUT2D eigenvalue weighted by Gasteiger charge is 2.33. The Morgan fingerprint density at radius 1 is 1.16 bits per heavy atom. The quantitative estimate of drug-likeness (QED) is 0.768. The van der Waals surface area contributed by atoms with E-state index in [-0.39, 0.29) is 6.54 Å². The zero-order chi connectivity index (χ0) is 17.9. The number of hydrogen-bond acceptors (Lipinski definition) is 3. The van der Waals surface area contributed by atoms with E-state index in [0.717, 1.165) is 22.5 Å². The molecule has 5 nitrogen and oxygen atoms in total. The van der Waals surface area contributed by atoms with Crippen molar-refractivity contribution in [1.82, 2.24) is 15.1 Å². The van der Waals surface area contributed by atoms with E-state index in [4.69, 9.17) is 4.42 Å². The van der Waals surface area contributed by atoms with Crippen LogP contribution in [0.25, 0.3) is 0 Å². The van der Waals surface area contributed by atoms with Gasteiger partial charge in [0, 0.05) is 6.20 Å². The number of rotatable bonds is 5. The van der Waals surface area contributed by atoms with E-state index >= 15 is 0 Å². The number of nitrogens with one attached hydrogen (secondary N) is 1. The minimum Gasteiger partial charge on any atom is -0.467 e. The lowest BCUT2D eigenvalue weighted by molar-refractivity contribution is -0.141. The van der Waals surface area contributed by atoms with Crippen LogP contribution < -0.4 is 5.32 Å². The molecule has 3 rings (SSSR count). The second-order valence-electron chi connectivity index (χ2n) is 5.32. The van der Waals surface area contributed by atoms with Gasteiger partial charge in [-0.3, -0.25) is 9.48 Å². The third kappa shape index (κ3) is 4.09. The first-order valence-electron chi connectivity index (χ1n) is 7.42. The highest BCUT2D eigenvalue weighted by molar-refractivity contribution is 5.76. The van der Waals surface area contributed by atoms with Gasteiger partial charge in [-0.05, 0) is 23.8 Å². The summed E-state index contributed by atoms with van der Waals surface area (Å²) in [7, 11) is 0. The molecule has 130 valence electrons. The monoisotopic (exact) mass is 349 g/mol. The van der Waals surface area contributed by atoms with Crippen LogP contribution in [0.1, 0.15) is 23.1 Å². The number of halogens is 3. The smallest absolute Gasteiger partial charge is 0.435 e. The summed E-state index contributed by atoms with van der Waals surface area (Å²) in [4.78, 5) is 12.3. The van der Waals surface area contributed by atoms with Crippen LogP contribution in [-0.4, -0.2) is 15.7 Å². The van der Waals surface area contributed by atoms with E-state index in [1.54, 1.807) is 12.1 Å². The molecule has 0 bridgehead atoms. The summed E-state index contributed by atoms with van der Waals surface area (Å²) < 4.78 is 44.0. The first kappa shape index (κ1) is 16.8. The molecule has 1 aromatic carbocycles. The van der Waals surface area contributed by atoms with Gasteiger partial charge in [-0.15, -0.1) is 0 Å². The van der Waals surface area contributed by atoms with Gasteiger partial charge in [0.05, 0.1) is 6.26 Å². The number of carbonyl (C=O) groups excluding carboxylic acids is 1. The van der Waals surface area contributed by atoms with Crippen LogP contribution >= 0.6 is 0 Å². The summed E-state index contributed by atoms with van der Waals surface area (Å²) in [6, 6.07) is 12.8. The Labute approximate surface area is 141 Å². The van der Waals surface area contributed by atoms with Crippen molar-refractivity contribution in [3.05, 3.63) is 78.0 Å². The van der Waals surface area contributed by atoms with Crippen molar-refractivity contribution in [2.75, 3.05) is 0 Å². The van der Waals surface area contributed by atoms with Gasteiger partial charge in [-0.2, -0.15) is 18.3 Å². The van der Waals surface area contributed by atoms with Crippen molar-refractivity contribution in [2.45, 2.75) is 18.8 Å². The van der Waals surface area contributed by atoms with Crippen LogP contribution in [0.5, 0.6) is 0 Å². The first-order chi connectivity index (χ1) is 11.9. The molecule has 0 aliphatic rings. The van der Waals surface area contributed by atoms with E-state index in [1.807, 2.05) is 30.3 Å². The zero-order valence-electron chi connectivity index (χ0n) is 12.9. The molecule has 1 amide bonds. The Bertz CT molecular complexity index is 826. The van der Waals surface area contributed by atoms with Crippen LogP contribution in [0.4, 0.5) is 13.2 Å². The molecule has 8 heteroatoms. The van der Waals surface area contributed by atoms with Crippen molar-refractivity contribution < 1.29 is 22.4 Å². The fraction of sp³-hybridized carbons (Fsp3) is 0.176. The van der Waals surface area contributed by atoms with Crippen molar-refractivity contribution in [1.29, 1.82) is 0 Å². The predicted molar refractivity (Wildman–Crippen MR) is 82.4 cm³/mol. The van der Waals surface area contributed by atoms with Crippen molar-refractivity contribution in [3.8, 4) is 0 Å². The molecular weight excluding hydrogens is 335 g/mol. The lowest BCUT2D eigenvalue weighted by Crippen LogP contribution is -2.32. The standard InChI is InChI=1S/C17H14F3N3O2/c18-17(19,20)14-8-9-23(22-14)11-15(24)21-16(13-7-4-10-25-13)12-5-2-1-3-6-12/h1-10,16H,11H2,(H,21,24). The molecule has 2 aromatic heterocycles. The average molecular weight is 349 g/mol. The maximum absolute atomic E-state index is 12.6. The van der Waals surface area contributed by atoms with Crippen LogP contribution in [0, 0.1) is 0 Å². The van der Waals surface area contributed by atoms with Crippen molar-refractivity contribution in [2.24, 2.45) is 0 Å². The largest absolute Gasteiger partial charge is 0.467 e. The number of benzene rings is 1. The minimum absolute atomic E-state index is 0.333. The lowest BCUT2D eigenvalue weighted by Gasteiger charge is -2.17. The molecule has 1 N–H and O–H groups in total. The fourth-order valence-electron chi connectivity index (χ4n) is 2.37. The maximum atomic E-state index is 12.6. The van der Waals surface area contributed by atoms with Crippen molar-refractivity contribution >= 4 is 5.91 Å². The molecular formula is C17H14F3N3O2. The van der Waals surface area contributed by atoms with E-state index in [9.17, 15) is 18.0 Å². The Hall–Kier alpha value is -3.03. The molecule has 0 spiro atoms. The molecule has 0 radical (unpaired) electrons. The highest BCUT2D eigenvalue weighted by atomic mass is 19.4. The molecule has 1 atom stereocenters. The SMILES string of the molecule is O=C(Cn1ccc(C(F)(F)F)n1)NC(c1ccccc1)c1ccco1. The van der Waals surface area contributed by atoms with Gasteiger partial charge in [0.1, 0.15) is 18.3 Å². The molecule has 0 aliphatic carbocycles. The van der Waals surface area contributed by atoms with E-state index in [0.29, 0.717) is 5.76 Å². The number of carbonyl (C=O) groups is 1. The molecule has 0 saturated heterocycles. The average Bonchev–Trinajstić information content (AvgIpc) is 3.24. The second-order valence-corrected chi connectivity index (χ2v) is 5.32. The lowest BCUT2D eigenvalue weighted by atomic mass is 10.0. The molecule has 0 aliphatic heterocycles. The Morgan fingerprint density at radius 2 is 1.92 bits per heavy atom. The van der Waals surface area contributed by atoms with Gasteiger partial charge < -0.3 is 9.73 Å². The van der Waals surface area contributed by atoms with Crippen LogP contribution in [0.15, 0.2) is 65.4 Å². The number of aromatic nitrogens is 2. The van der Waals surface area contributed by atoms with E-state index in [2.05, 4.69) is 10.4 Å². The van der Waals surface area contributed by atoms with Gasteiger partial charge in [-0.1, -0.05) is 30.3 Å². The zero-order valence-corrected chi connectivity index (χ0v) is 12.9. The normalized spacial score (nSPS) is 12.8. The molecule has 2 heterocycles. The number of furan rings is 1. The molecule has 3 aromatic rings. The van der Waals surface area contributed by atoms with Gasteiger partial charge >= 0.3 is 6.18 Å². The third-order valence-corrected chi connectivity index (χ3v) is 3.50. The molecule has 1 unspecified atom stereocenters. The van der Waals surface area contributed by atoms with Gasteiger partial charge in [0.2, 0.25) is 5.91 Å². The summed E-state index contributed by atoms with van der Waals surface area (Å²) >= 11 is 0. The first-order valence-corrected chi connectivity index (χ1v) is 7.42. The molecule has 0 fully saturated rings. The Kier molecular flexibility index (Phi) is 4.60. The summed E-state index contributed by atoms with van der Waals surface area (Å²) in [6.07, 6.45) is -1.93. The maximum Gasteiger partial charge on any atom is 0.435 e. The summed E-state index contributed by atoms with van der Waals surface area (Å²) in [5.74, 6) is 0.0399. The predicted octanol–water partition coefficient (Wildman–Crippen LogP) is 3.40.